The van der Waals surface area contributed by atoms with Gasteiger partial charge in [0.15, 0.2) is 0 Å². The maximum absolute atomic E-state index is 11.8. The molecule has 0 saturated carbocycles. The Morgan fingerprint density at radius 3 is 1.76 bits per heavy atom. The van der Waals surface area contributed by atoms with Crippen LogP contribution in [-0.2, 0) is 44.7 Å². The molecule has 0 fully saturated rings. The molecule has 0 bridgehead atoms. The van der Waals surface area contributed by atoms with Gasteiger partial charge in [0.25, 0.3) is 0 Å². The van der Waals surface area contributed by atoms with E-state index in [1.165, 1.54) is 33.4 Å². The maximum atomic E-state index is 11.8. The molecule has 4 aromatic carbocycles. The summed E-state index contributed by atoms with van der Waals surface area (Å²) in [7, 11) is 0. The number of esters is 2. The maximum Gasteiger partial charge on any atom is 0.310 e. The number of nitrogens with two attached hydrogens (primary N) is 2. The number of benzene rings is 4. The van der Waals surface area contributed by atoms with Crippen LogP contribution in [0.4, 0.5) is 22.7 Å². The molecule has 8 heteroatoms. The van der Waals surface area contributed by atoms with Gasteiger partial charge in [0.2, 0.25) is 0 Å². The normalized spacial score (nSPS) is 16.2. The molecule has 2 aliphatic rings. The number of aryl methyl sites for hydroxylation is 3. The topological polar surface area (TPSA) is 129 Å². The summed E-state index contributed by atoms with van der Waals surface area (Å²) < 4.78 is 10.1. The average molecular weight is 677 g/mol. The van der Waals surface area contributed by atoms with Crippen LogP contribution in [0.3, 0.4) is 0 Å². The Balaban J connectivity index is 0.000000194. The van der Waals surface area contributed by atoms with E-state index in [1.807, 2.05) is 26.0 Å². The Labute approximate surface area is 296 Å². The fraction of sp³-hybridized carbons (Fsp3) is 0.381. The van der Waals surface area contributed by atoms with Crippen molar-refractivity contribution in [1.82, 2.24) is 0 Å². The average Bonchev–Trinajstić information content (AvgIpc) is 3.09. The van der Waals surface area contributed by atoms with Gasteiger partial charge in [-0.1, -0.05) is 53.6 Å². The molecule has 0 aromatic heterocycles. The van der Waals surface area contributed by atoms with Gasteiger partial charge in [-0.05, 0) is 130 Å². The number of carbonyl (C=O) groups excluding carboxylic acids is 2. The van der Waals surface area contributed by atoms with Crippen LogP contribution in [-0.4, -0.2) is 25.2 Å². The molecule has 0 aliphatic heterocycles. The predicted octanol–water partition coefficient (Wildman–Crippen LogP) is 8.34. The van der Waals surface area contributed by atoms with E-state index in [0.717, 1.165) is 66.7 Å². The third-order valence-electron chi connectivity index (χ3n) is 9.56. The van der Waals surface area contributed by atoms with Gasteiger partial charge >= 0.3 is 11.9 Å². The highest BCUT2D eigenvalue weighted by Gasteiger charge is 2.24. The number of nitrogen functional groups attached to an aromatic ring is 2. The molecule has 0 radical (unpaired) electrons. The van der Waals surface area contributed by atoms with E-state index in [0.29, 0.717) is 18.9 Å². The van der Waals surface area contributed by atoms with Gasteiger partial charge < -0.3 is 31.6 Å². The molecule has 2 aliphatic carbocycles. The highest BCUT2D eigenvalue weighted by molar-refractivity contribution is 5.76. The van der Waals surface area contributed by atoms with E-state index in [2.05, 4.69) is 85.1 Å². The Kier molecular flexibility index (Phi) is 12.4. The molecule has 0 heterocycles. The monoisotopic (exact) mass is 676 g/mol. The van der Waals surface area contributed by atoms with E-state index >= 15 is 0 Å². The Hall–Kier alpha value is -4.98. The van der Waals surface area contributed by atoms with E-state index in [1.54, 1.807) is 0 Å². The quantitative estimate of drug-likeness (QED) is 0.0975. The summed E-state index contributed by atoms with van der Waals surface area (Å²) in [4.78, 5) is 23.6. The second-order valence-electron chi connectivity index (χ2n) is 13.3. The first-order valence-corrected chi connectivity index (χ1v) is 17.9. The largest absolute Gasteiger partial charge is 0.466 e. The molecule has 0 spiro atoms. The summed E-state index contributed by atoms with van der Waals surface area (Å²) in [6.07, 6.45) is 6.84. The molecule has 2 atom stereocenters. The summed E-state index contributed by atoms with van der Waals surface area (Å²) >= 11 is 0. The lowest BCUT2D eigenvalue weighted by atomic mass is 9.84. The van der Waals surface area contributed by atoms with E-state index in [-0.39, 0.29) is 36.9 Å². The van der Waals surface area contributed by atoms with Crippen molar-refractivity contribution in [3.63, 3.8) is 0 Å². The predicted molar refractivity (Wildman–Crippen MR) is 203 cm³/mol. The molecular formula is C42H52N4O4. The van der Waals surface area contributed by atoms with Gasteiger partial charge in [-0.25, -0.2) is 0 Å². The van der Waals surface area contributed by atoms with Crippen LogP contribution >= 0.6 is 0 Å². The lowest BCUT2D eigenvalue weighted by Crippen LogP contribution is -2.20. The zero-order valence-corrected chi connectivity index (χ0v) is 29.9. The Bertz CT molecular complexity index is 1700. The zero-order valence-electron chi connectivity index (χ0n) is 29.9. The standard InChI is InChI=1S/2C21H26N2O2/c1-3-25-20(24)13-15-9-12-17-18(21(15)22)5-4-6-19(17)23-16-10-7-14(2)8-11-16;1-3-25-21(24)12-16-11-15-5-4-6-20(18(15)13-19(16)22)23-17-9-7-14(2)8-10-17/h7-12,19,23H,3-6,13,22H2,1-2H3;7-11,13,20,23H,3-6,12,22H2,1-2H3. The molecule has 6 N–H and O–H groups in total. The number of carbonyl (C=O) groups is 2. The van der Waals surface area contributed by atoms with Crippen molar-refractivity contribution in [3.05, 3.63) is 117 Å². The second kappa shape index (κ2) is 17.1. The summed E-state index contributed by atoms with van der Waals surface area (Å²) in [5.74, 6) is -0.446. The minimum Gasteiger partial charge on any atom is -0.466 e. The second-order valence-corrected chi connectivity index (χ2v) is 13.3. The van der Waals surface area contributed by atoms with Crippen LogP contribution < -0.4 is 22.1 Å². The molecule has 0 saturated heterocycles. The lowest BCUT2D eigenvalue weighted by Gasteiger charge is -2.29. The minimum atomic E-state index is -0.223. The van der Waals surface area contributed by atoms with Crippen LogP contribution in [0.5, 0.6) is 0 Å². The summed E-state index contributed by atoms with van der Waals surface area (Å²) in [6, 6.07) is 25.6. The van der Waals surface area contributed by atoms with Crippen LogP contribution in [0.25, 0.3) is 0 Å². The van der Waals surface area contributed by atoms with E-state index in [9.17, 15) is 9.59 Å². The SMILES string of the molecule is CCOC(=O)Cc1cc2c(cc1N)C(Nc1ccc(C)cc1)CCC2.CCOC(=O)Cc1ccc2c(c1N)CCCC2Nc1ccc(C)cc1. The summed E-state index contributed by atoms with van der Waals surface area (Å²) in [5, 5.41) is 7.25. The fourth-order valence-electron chi connectivity index (χ4n) is 6.94. The molecular weight excluding hydrogens is 624 g/mol. The Morgan fingerprint density at radius 1 is 0.680 bits per heavy atom. The van der Waals surface area contributed by atoms with Crippen molar-refractivity contribution < 1.29 is 19.1 Å². The van der Waals surface area contributed by atoms with Crippen molar-refractivity contribution in [2.45, 2.75) is 91.1 Å². The molecule has 6 rings (SSSR count). The molecule has 50 heavy (non-hydrogen) atoms. The fourth-order valence-corrected chi connectivity index (χ4v) is 6.94. The third-order valence-corrected chi connectivity index (χ3v) is 9.56. The van der Waals surface area contributed by atoms with Crippen molar-refractivity contribution in [2.75, 3.05) is 35.3 Å². The van der Waals surface area contributed by atoms with Gasteiger partial charge in [-0.3, -0.25) is 9.59 Å². The van der Waals surface area contributed by atoms with Crippen LogP contribution in [0.2, 0.25) is 0 Å². The third kappa shape index (κ3) is 9.37. The van der Waals surface area contributed by atoms with E-state index < -0.39 is 0 Å². The van der Waals surface area contributed by atoms with Crippen LogP contribution in [0.1, 0.15) is 96.1 Å². The van der Waals surface area contributed by atoms with Crippen LogP contribution in [0, 0.1) is 13.8 Å². The lowest BCUT2D eigenvalue weighted by molar-refractivity contribution is -0.143. The van der Waals surface area contributed by atoms with Crippen molar-refractivity contribution >= 4 is 34.7 Å². The van der Waals surface area contributed by atoms with E-state index in [4.69, 9.17) is 20.9 Å². The molecule has 4 aromatic rings. The van der Waals surface area contributed by atoms with Crippen molar-refractivity contribution in [3.8, 4) is 0 Å². The highest BCUT2D eigenvalue weighted by atomic mass is 16.5. The Morgan fingerprint density at radius 2 is 1.20 bits per heavy atom. The minimum absolute atomic E-state index is 0.223. The van der Waals surface area contributed by atoms with Gasteiger partial charge in [-0.15, -0.1) is 0 Å². The number of fused-ring (bicyclic) bond motifs is 2. The van der Waals surface area contributed by atoms with Gasteiger partial charge in [-0.2, -0.15) is 0 Å². The number of rotatable bonds is 10. The highest BCUT2D eigenvalue weighted by Crippen LogP contribution is 2.38. The number of anilines is 4. The molecule has 8 nitrogen and oxygen atoms in total. The number of hydrogen-bond acceptors (Lipinski definition) is 8. The first-order valence-electron chi connectivity index (χ1n) is 17.9. The number of hydrogen-bond donors (Lipinski definition) is 4. The number of nitrogens with one attached hydrogen (secondary N) is 2. The first-order chi connectivity index (χ1) is 24.1. The van der Waals surface area contributed by atoms with Crippen molar-refractivity contribution in [2.24, 2.45) is 0 Å². The molecule has 2 unspecified atom stereocenters. The zero-order chi connectivity index (χ0) is 35.6. The van der Waals surface area contributed by atoms with Gasteiger partial charge in [0.05, 0.1) is 38.1 Å². The molecule has 0 amide bonds. The number of ether oxygens (including phenoxy) is 2. The smallest absolute Gasteiger partial charge is 0.310 e. The van der Waals surface area contributed by atoms with Gasteiger partial charge in [0, 0.05) is 22.7 Å². The summed E-state index contributed by atoms with van der Waals surface area (Å²) in [5.41, 5.74) is 25.5. The summed E-state index contributed by atoms with van der Waals surface area (Å²) in [6.45, 7) is 8.60. The molecule has 264 valence electrons. The van der Waals surface area contributed by atoms with Crippen LogP contribution in [0.15, 0.2) is 72.8 Å². The van der Waals surface area contributed by atoms with Gasteiger partial charge in [0.1, 0.15) is 0 Å². The first kappa shape index (κ1) is 36.3. The van der Waals surface area contributed by atoms with Crippen molar-refractivity contribution in [1.29, 1.82) is 0 Å².